The van der Waals surface area contributed by atoms with Crippen LogP contribution in [0.15, 0.2) is 30.6 Å². The van der Waals surface area contributed by atoms with Crippen LogP contribution in [0.1, 0.15) is 5.69 Å². The van der Waals surface area contributed by atoms with Gasteiger partial charge in [0.25, 0.3) is 0 Å². The van der Waals surface area contributed by atoms with Crippen molar-refractivity contribution >= 4 is 11.6 Å². The molecule has 17 heavy (non-hydrogen) atoms. The number of halogens is 2. The molecule has 0 aliphatic rings. The molecule has 0 amide bonds. The zero-order chi connectivity index (χ0) is 12.3. The normalized spacial score (nSPS) is 10.3. The van der Waals surface area contributed by atoms with E-state index in [0.29, 0.717) is 11.4 Å². The monoisotopic (exact) mass is 254 g/mol. The lowest BCUT2D eigenvalue weighted by Gasteiger charge is -2.06. The molecule has 0 spiro atoms. The van der Waals surface area contributed by atoms with Crippen LogP contribution in [0.5, 0.6) is 11.6 Å². The van der Waals surface area contributed by atoms with E-state index in [9.17, 15) is 4.39 Å². The molecular weight excluding hydrogens is 247 g/mol. The zero-order valence-corrected chi connectivity index (χ0v) is 9.36. The van der Waals surface area contributed by atoms with Gasteiger partial charge in [-0.15, -0.1) is 0 Å². The van der Waals surface area contributed by atoms with Crippen LogP contribution >= 0.6 is 11.6 Å². The molecule has 1 aromatic carbocycles. The lowest BCUT2D eigenvalue weighted by atomic mass is 10.3. The molecule has 2 aromatic rings. The van der Waals surface area contributed by atoms with Crippen LogP contribution in [0.25, 0.3) is 0 Å². The van der Waals surface area contributed by atoms with Gasteiger partial charge >= 0.3 is 0 Å². The highest BCUT2D eigenvalue weighted by atomic mass is 35.5. The molecular formula is C11H8ClFN2O2. The van der Waals surface area contributed by atoms with Gasteiger partial charge in [0, 0.05) is 0 Å². The van der Waals surface area contributed by atoms with E-state index < -0.39 is 5.82 Å². The fourth-order valence-corrected chi connectivity index (χ4v) is 1.35. The smallest absolute Gasteiger partial charge is 0.237 e. The molecule has 0 fully saturated rings. The van der Waals surface area contributed by atoms with Gasteiger partial charge < -0.3 is 9.84 Å². The van der Waals surface area contributed by atoms with Gasteiger partial charge in [0.2, 0.25) is 5.88 Å². The van der Waals surface area contributed by atoms with E-state index in [1.807, 2.05) is 0 Å². The number of benzene rings is 1. The summed E-state index contributed by atoms with van der Waals surface area (Å²) in [6.07, 6.45) is 2.73. The van der Waals surface area contributed by atoms with E-state index in [4.69, 9.17) is 21.4 Å². The van der Waals surface area contributed by atoms with E-state index in [1.165, 1.54) is 24.5 Å². The van der Waals surface area contributed by atoms with Gasteiger partial charge in [-0.2, -0.15) is 0 Å². The second-order valence-electron chi connectivity index (χ2n) is 3.18. The van der Waals surface area contributed by atoms with Crippen LogP contribution in [0.4, 0.5) is 4.39 Å². The minimum absolute atomic E-state index is 0.151. The van der Waals surface area contributed by atoms with Crippen LogP contribution in [0.2, 0.25) is 5.02 Å². The number of rotatable bonds is 3. The van der Waals surface area contributed by atoms with Gasteiger partial charge in [-0.05, 0) is 18.2 Å². The van der Waals surface area contributed by atoms with Crippen molar-refractivity contribution in [1.29, 1.82) is 0 Å². The Morgan fingerprint density at radius 2 is 2.12 bits per heavy atom. The summed E-state index contributed by atoms with van der Waals surface area (Å²) in [4.78, 5) is 7.80. The first kappa shape index (κ1) is 11.8. The Balaban J connectivity index is 2.19. The predicted molar refractivity (Wildman–Crippen MR) is 59.4 cm³/mol. The van der Waals surface area contributed by atoms with Gasteiger partial charge in [-0.3, -0.25) is 4.98 Å². The Bertz CT molecular complexity index is 519. The molecule has 0 aliphatic carbocycles. The lowest BCUT2D eigenvalue weighted by molar-refractivity contribution is 0.276. The Morgan fingerprint density at radius 1 is 1.29 bits per heavy atom. The summed E-state index contributed by atoms with van der Waals surface area (Å²) in [5.74, 6) is 0.0684. The summed E-state index contributed by atoms with van der Waals surface area (Å²) >= 11 is 5.78. The van der Waals surface area contributed by atoms with Crippen LogP contribution in [0.3, 0.4) is 0 Å². The van der Waals surface area contributed by atoms with Crippen molar-refractivity contribution in [3.05, 3.63) is 47.1 Å². The maximum absolute atomic E-state index is 12.8. The first-order chi connectivity index (χ1) is 8.19. The lowest BCUT2D eigenvalue weighted by Crippen LogP contribution is -1.94. The molecule has 0 saturated heterocycles. The minimum atomic E-state index is -0.441. The molecule has 0 saturated carbocycles. The Kier molecular flexibility index (Phi) is 3.51. The summed E-state index contributed by atoms with van der Waals surface area (Å²) in [5.41, 5.74) is 0.433. The van der Waals surface area contributed by atoms with Crippen molar-refractivity contribution in [2.45, 2.75) is 6.61 Å². The minimum Gasteiger partial charge on any atom is -0.436 e. The third-order valence-electron chi connectivity index (χ3n) is 1.95. The molecule has 1 N–H and O–H groups in total. The van der Waals surface area contributed by atoms with Crippen molar-refractivity contribution < 1.29 is 14.2 Å². The maximum atomic E-state index is 12.8. The van der Waals surface area contributed by atoms with Gasteiger partial charge in [0.05, 0.1) is 29.7 Å². The Morgan fingerprint density at radius 3 is 2.71 bits per heavy atom. The average Bonchev–Trinajstić information content (AvgIpc) is 2.34. The van der Waals surface area contributed by atoms with E-state index in [0.717, 1.165) is 6.07 Å². The highest BCUT2D eigenvalue weighted by Crippen LogP contribution is 2.28. The summed E-state index contributed by atoms with van der Waals surface area (Å²) in [6.45, 7) is -0.190. The standard InChI is InChI=1S/C11H8ClFN2O2/c12-9-3-7(13)1-2-10(9)17-11-5-14-8(6-16)4-15-11/h1-5,16H,6H2. The van der Waals surface area contributed by atoms with Crippen molar-refractivity contribution in [2.75, 3.05) is 0 Å². The molecule has 0 unspecified atom stereocenters. The second-order valence-corrected chi connectivity index (χ2v) is 3.59. The molecule has 0 aliphatic heterocycles. The summed E-state index contributed by atoms with van der Waals surface area (Å²) in [6, 6.07) is 3.78. The molecule has 2 rings (SSSR count). The Labute approximate surface area is 102 Å². The largest absolute Gasteiger partial charge is 0.436 e. The van der Waals surface area contributed by atoms with Gasteiger partial charge in [0.15, 0.2) is 0 Å². The van der Waals surface area contributed by atoms with Crippen molar-refractivity contribution in [1.82, 2.24) is 9.97 Å². The molecule has 0 bridgehead atoms. The fraction of sp³-hybridized carbons (Fsp3) is 0.0909. The molecule has 1 aromatic heterocycles. The quantitative estimate of drug-likeness (QED) is 0.915. The van der Waals surface area contributed by atoms with Crippen LogP contribution in [-0.2, 0) is 6.61 Å². The topological polar surface area (TPSA) is 55.2 Å². The Hall–Kier alpha value is -1.72. The number of ether oxygens (including phenoxy) is 1. The number of nitrogens with zero attached hydrogens (tertiary/aromatic N) is 2. The zero-order valence-electron chi connectivity index (χ0n) is 8.60. The number of hydrogen-bond donors (Lipinski definition) is 1. The fourth-order valence-electron chi connectivity index (χ4n) is 1.15. The average molecular weight is 255 g/mol. The number of aliphatic hydroxyl groups is 1. The highest BCUT2D eigenvalue weighted by Gasteiger charge is 2.05. The highest BCUT2D eigenvalue weighted by molar-refractivity contribution is 6.32. The molecule has 88 valence electrons. The van der Waals surface area contributed by atoms with Gasteiger partial charge in [-0.25, -0.2) is 9.37 Å². The number of hydrogen-bond acceptors (Lipinski definition) is 4. The van der Waals surface area contributed by atoms with E-state index in [-0.39, 0.29) is 17.5 Å². The maximum Gasteiger partial charge on any atom is 0.237 e. The van der Waals surface area contributed by atoms with E-state index >= 15 is 0 Å². The molecule has 6 heteroatoms. The third kappa shape index (κ3) is 2.89. The molecule has 4 nitrogen and oxygen atoms in total. The van der Waals surface area contributed by atoms with E-state index in [2.05, 4.69) is 9.97 Å². The SMILES string of the molecule is OCc1cnc(Oc2ccc(F)cc2Cl)cn1. The van der Waals surface area contributed by atoms with Gasteiger partial charge in [0.1, 0.15) is 11.6 Å². The summed E-state index contributed by atoms with van der Waals surface area (Å²) in [5, 5.41) is 8.94. The second kappa shape index (κ2) is 5.07. The van der Waals surface area contributed by atoms with E-state index in [1.54, 1.807) is 0 Å². The van der Waals surface area contributed by atoms with Crippen LogP contribution in [-0.4, -0.2) is 15.1 Å². The van der Waals surface area contributed by atoms with Crippen molar-refractivity contribution in [3.8, 4) is 11.6 Å². The van der Waals surface area contributed by atoms with Crippen molar-refractivity contribution in [2.24, 2.45) is 0 Å². The van der Waals surface area contributed by atoms with Crippen LogP contribution in [0, 0.1) is 5.82 Å². The van der Waals surface area contributed by atoms with Crippen LogP contribution < -0.4 is 4.74 Å². The number of aromatic nitrogens is 2. The summed E-state index contributed by atoms with van der Waals surface area (Å²) in [7, 11) is 0. The number of aliphatic hydroxyl groups excluding tert-OH is 1. The van der Waals surface area contributed by atoms with Gasteiger partial charge in [-0.1, -0.05) is 11.6 Å². The third-order valence-corrected chi connectivity index (χ3v) is 2.25. The molecule has 1 heterocycles. The first-order valence-electron chi connectivity index (χ1n) is 4.73. The molecule has 0 radical (unpaired) electrons. The summed E-state index contributed by atoms with van der Waals surface area (Å²) < 4.78 is 18.1. The van der Waals surface area contributed by atoms with Crippen molar-refractivity contribution in [3.63, 3.8) is 0 Å². The molecule has 0 atom stereocenters. The first-order valence-corrected chi connectivity index (χ1v) is 5.11. The predicted octanol–water partition coefficient (Wildman–Crippen LogP) is 2.55.